The fourth-order valence-corrected chi connectivity index (χ4v) is 2.62. The van der Waals surface area contributed by atoms with Crippen molar-refractivity contribution in [2.75, 3.05) is 11.5 Å². The number of rotatable bonds is 3. The summed E-state index contributed by atoms with van der Waals surface area (Å²) in [5, 5.41) is 10.2. The second-order valence-electron chi connectivity index (χ2n) is 5.96. The minimum Gasteiger partial charge on any atom is -0.383 e. The summed E-state index contributed by atoms with van der Waals surface area (Å²) in [5.74, 6) is 2.67. The standard InChI is InChI=1S/C8H8N4OS.C7H9N3O/c9-3-14-5-6(10)11-7(4-1-2-4)12-8(5)13;8-5-3-6(11)10-7(9-5)4-1-2-4/h4H,1-2H2,(H3,10,11,12,13);3-4H,1-2H2,(H3,8,9,10,11). The maximum absolute atomic E-state index is 11.4. The molecule has 0 aromatic carbocycles. The lowest BCUT2D eigenvalue weighted by atomic mass is 10.4. The molecule has 0 aliphatic heterocycles. The maximum Gasteiger partial charge on any atom is 0.267 e. The molecule has 0 radical (unpaired) electrons. The highest BCUT2D eigenvalue weighted by Crippen LogP contribution is 2.38. The van der Waals surface area contributed by atoms with Crippen LogP contribution >= 0.6 is 11.8 Å². The van der Waals surface area contributed by atoms with Crippen LogP contribution in [0, 0.1) is 10.7 Å². The maximum atomic E-state index is 11.4. The molecule has 0 atom stereocenters. The number of aromatic nitrogens is 4. The van der Waals surface area contributed by atoms with Gasteiger partial charge in [0, 0.05) is 17.9 Å². The quantitative estimate of drug-likeness (QED) is 0.465. The molecule has 4 rings (SSSR count). The van der Waals surface area contributed by atoms with Crippen LogP contribution in [0.25, 0.3) is 0 Å². The van der Waals surface area contributed by atoms with Gasteiger partial charge in [-0.25, -0.2) is 9.97 Å². The number of anilines is 2. The lowest BCUT2D eigenvalue weighted by molar-refractivity contribution is 0.888. The summed E-state index contributed by atoms with van der Waals surface area (Å²) in [6.45, 7) is 0. The van der Waals surface area contributed by atoms with Crippen LogP contribution in [-0.2, 0) is 0 Å². The van der Waals surface area contributed by atoms with Crippen molar-refractivity contribution in [1.29, 1.82) is 5.26 Å². The van der Waals surface area contributed by atoms with Gasteiger partial charge in [-0.15, -0.1) is 0 Å². The Hall–Kier alpha value is -2.80. The zero-order valence-electron chi connectivity index (χ0n) is 13.3. The number of hydrogen-bond acceptors (Lipinski definition) is 8. The molecule has 25 heavy (non-hydrogen) atoms. The Morgan fingerprint density at radius 2 is 1.68 bits per heavy atom. The first-order valence-electron chi connectivity index (χ1n) is 7.80. The molecule has 2 fully saturated rings. The number of H-pyrrole nitrogens is 2. The van der Waals surface area contributed by atoms with Crippen molar-refractivity contribution < 1.29 is 0 Å². The molecule has 10 heteroatoms. The van der Waals surface area contributed by atoms with Crippen LogP contribution in [0.5, 0.6) is 0 Å². The van der Waals surface area contributed by atoms with Crippen molar-refractivity contribution in [3.05, 3.63) is 38.4 Å². The van der Waals surface area contributed by atoms with E-state index in [4.69, 9.17) is 16.7 Å². The molecule has 2 saturated carbocycles. The van der Waals surface area contributed by atoms with Crippen molar-refractivity contribution in [2.24, 2.45) is 0 Å². The molecular weight excluding hydrogens is 342 g/mol. The van der Waals surface area contributed by atoms with Gasteiger partial charge in [0.15, 0.2) is 0 Å². The van der Waals surface area contributed by atoms with Crippen molar-refractivity contribution in [2.45, 2.75) is 42.4 Å². The van der Waals surface area contributed by atoms with Gasteiger partial charge in [0.25, 0.3) is 11.1 Å². The molecular formula is C15H17N7O2S. The molecule has 2 aromatic heterocycles. The highest BCUT2D eigenvalue weighted by Gasteiger charge is 2.27. The topological polar surface area (TPSA) is 167 Å². The van der Waals surface area contributed by atoms with Crippen LogP contribution in [0.4, 0.5) is 11.6 Å². The lowest BCUT2D eigenvalue weighted by Crippen LogP contribution is -2.15. The Kier molecular flexibility index (Phi) is 4.76. The van der Waals surface area contributed by atoms with E-state index in [1.807, 2.05) is 0 Å². The number of nitrogens with one attached hydrogen (secondary N) is 2. The van der Waals surface area contributed by atoms with Crippen LogP contribution in [0.3, 0.4) is 0 Å². The van der Waals surface area contributed by atoms with E-state index in [-0.39, 0.29) is 21.8 Å². The second-order valence-corrected chi connectivity index (χ2v) is 6.76. The third-order valence-electron chi connectivity index (χ3n) is 3.78. The zero-order chi connectivity index (χ0) is 18.0. The summed E-state index contributed by atoms with van der Waals surface area (Å²) < 4.78 is 0. The van der Waals surface area contributed by atoms with E-state index in [1.54, 1.807) is 5.40 Å². The van der Waals surface area contributed by atoms with Gasteiger partial charge in [-0.3, -0.25) is 9.59 Å². The Labute approximate surface area is 146 Å². The van der Waals surface area contributed by atoms with Gasteiger partial charge in [0.1, 0.15) is 33.6 Å². The predicted molar refractivity (Wildman–Crippen MR) is 94.0 cm³/mol. The average Bonchev–Trinajstić information content (AvgIpc) is 3.43. The minimum atomic E-state index is -0.314. The normalized spacial score (nSPS) is 15.8. The zero-order valence-corrected chi connectivity index (χ0v) is 14.1. The first-order chi connectivity index (χ1) is 12.0. The van der Waals surface area contributed by atoms with Gasteiger partial charge < -0.3 is 21.4 Å². The average molecular weight is 359 g/mol. The molecule has 6 N–H and O–H groups in total. The molecule has 2 aliphatic rings. The number of aromatic amines is 2. The summed E-state index contributed by atoms with van der Waals surface area (Å²) >= 11 is 0.744. The fourth-order valence-electron chi connectivity index (χ4n) is 2.24. The molecule has 0 saturated heterocycles. The van der Waals surface area contributed by atoms with Crippen LogP contribution in [0.2, 0.25) is 0 Å². The van der Waals surface area contributed by atoms with Gasteiger partial charge in [-0.05, 0) is 37.4 Å². The predicted octanol–water partition coefficient (Wildman–Crippen LogP) is 1.03. The van der Waals surface area contributed by atoms with E-state index in [0.717, 1.165) is 43.3 Å². The van der Waals surface area contributed by atoms with E-state index in [0.29, 0.717) is 23.5 Å². The van der Waals surface area contributed by atoms with E-state index in [2.05, 4.69) is 19.9 Å². The van der Waals surface area contributed by atoms with Crippen LogP contribution in [-0.4, -0.2) is 19.9 Å². The Bertz CT molecular complexity index is 938. The molecule has 130 valence electrons. The van der Waals surface area contributed by atoms with Gasteiger partial charge in [0.05, 0.1) is 0 Å². The molecule has 0 spiro atoms. The molecule has 2 aliphatic carbocycles. The lowest BCUT2D eigenvalue weighted by Gasteiger charge is -2.01. The van der Waals surface area contributed by atoms with Crippen LogP contribution in [0.1, 0.15) is 49.2 Å². The number of nitrogens with two attached hydrogens (primary N) is 2. The molecule has 0 unspecified atom stereocenters. The summed E-state index contributed by atoms with van der Waals surface area (Å²) in [6.07, 6.45) is 4.33. The second kappa shape index (κ2) is 6.98. The smallest absolute Gasteiger partial charge is 0.267 e. The van der Waals surface area contributed by atoms with Crippen molar-refractivity contribution >= 4 is 23.4 Å². The number of nitrogens with zero attached hydrogens (tertiary/aromatic N) is 3. The monoisotopic (exact) mass is 359 g/mol. The number of hydrogen-bond donors (Lipinski definition) is 4. The molecule has 0 amide bonds. The van der Waals surface area contributed by atoms with E-state index >= 15 is 0 Å². The van der Waals surface area contributed by atoms with Crippen LogP contribution < -0.4 is 22.6 Å². The Morgan fingerprint density at radius 1 is 1.08 bits per heavy atom. The molecule has 2 heterocycles. The summed E-state index contributed by atoms with van der Waals surface area (Å²) in [4.78, 5) is 35.9. The van der Waals surface area contributed by atoms with E-state index in [9.17, 15) is 9.59 Å². The van der Waals surface area contributed by atoms with Crippen LogP contribution in [0.15, 0.2) is 20.6 Å². The van der Waals surface area contributed by atoms with Gasteiger partial charge >= 0.3 is 0 Å². The highest BCUT2D eigenvalue weighted by atomic mass is 32.2. The Balaban J connectivity index is 0.000000150. The third kappa shape index (κ3) is 4.39. The molecule has 9 nitrogen and oxygen atoms in total. The summed E-state index contributed by atoms with van der Waals surface area (Å²) in [7, 11) is 0. The van der Waals surface area contributed by atoms with E-state index in [1.165, 1.54) is 6.07 Å². The Morgan fingerprint density at radius 3 is 2.16 bits per heavy atom. The largest absolute Gasteiger partial charge is 0.383 e. The van der Waals surface area contributed by atoms with E-state index < -0.39 is 0 Å². The SMILES string of the molecule is N#CSc1c(N)nc(C2CC2)[nH]c1=O.Nc1cc(=O)[nH]c(C2CC2)n1. The van der Waals surface area contributed by atoms with Crippen molar-refractivity contribution in [3.8, 4) is 5.40 Å². The van der Waals surface area contributed by atoms with Gasteiger partial charge in [-0.1, -0.05) is 0 Å². The number of nitriles is 1. The highest BCUT2D eigenvalue weighted by molar-refractivity contribution is 8.03. The van der Waals surface area contributed by atoms with Crippen molar-refractivity contribution in [1.82, 2.24) is 19.9 Å². The minimum absolute atomic E-state index is 0.153. The first kappa shape index (κ1) is 17.0. The number of thiocyanates is 1. The summed E-state index contributed by atoms with van der Waals surface area (Å²) in [6, 6.07) is 1.30. The van der Waals surface area contributed by atoms with Gasteiger partial charge in [-0.2, -0.15) is 5.26 Å². The van der Waals surface area contributed by atoms with Crippen molar-refractivity contribution in [3.63, 3.8) is 0 Å². The molecule has 0 bridgehead atoms. The third-order valence-corrected chi connectivity index (χ3v) is 4.47. The number of nitrogen functional groups attached to an aromatic ring is 2. The fraction of sp³-hybridized carbons (Fsp3) is 0.400. The van der Waals surface area contributed by atoms with Gasteiger partial charge in [0.2, 0.25) is 0 Å². The first-order valence-corrected chi connectivity index (χ1v) is 8.62. The molecule has 2 aromatic rings. The summed E-state index contributed by atoms with van der Waals surface area (Å²) in [5.41, 5.74) is 10.5. The number of thioether (sulfide) groups is 1.